The molecule has 1 aliphatic heterocycles. The van der Waals surface area contributed by atoms with E-state index in [1.807, 2.05) is 18.3 Å². The first kappa shape index (κ1) is 15.4. The summed E-state index contributed by atoms with van der Waals surface area (Å²) in [5.41, 5.74) is 3.60. The lowest BCUT2D eigenvalue weighted by Crippen LogP contribution is -2.26. The Morgan fingerprint density at radius 2 is 1.92 bits per heavy atom. The molecular formula is C19H18ClN3O. The highest BCUT2D eigenvalue weighted by atomic mass is 35.5. The van der Waals surface area contributed by atoms with Gasteiger partial charge in [-0.2, -0.15) is 0 Å². The lowest BCUT2D eigenvalue weighted by atomic mass is 9.91. The van der Waals surface area contributed by atoms with Gasteiger partial charge in [0.25, 0.3) is 5.91 Å². The average molecular weight is 340 g/mol. The van der Waals surface area contributed by atoms with Crippen LogP contribution in [0, 0.1) is 0 Å². The van der Waals surface area contributed by atoms with Crippen molar-refractivity contribution in [1.29, 1.82) is 0 Å². The number of rotatable bonds is 2. The Hall–Kier alpha value is -2.17. The van der Waals surface area contributed by atoms with Gasteiger partial charge >= 0.3 is 0 Å². The maximum absolute atomic E-state index is 12.9. The van der Waals surface area contributed by atoms with Gasteiger partial charge in [0.1, 0.15) is 0 Å². The van der Waals surface area contributed by atoms with Crippen LogP contribution in [0.1, 0.15) is 34.7 Å². The number of halogens is 1. The van der Waals surface area contributed by atoms with Gasteiger partial charge in [-0.15, -0.1) is 0 Å². The Bertz CT molecular complexity index is 879. The van der Waals surface area contributed by atoms with E-state index in [0.29, 0.717) is 16.5 Å². The quantitative estimate of drug-likeness (QED) is 0.771. The van der Waals surface area contributed by atoms with E-state index in [0.717, 1.165) is 37.0 Å². The second-order valence-electron chi connectivity index (χ2n) is 6.16. The number of benzene rings is 1. The van der Waals surface area contributed by atoms with E-state index in [1.54, 1.807) is 35.0 Å². The van der Waals surface area contributed by atoms with E-state index < -0.39 is 0 Å². The first-order valence-electron chi connectivity index (χ1n) is 8.21. The van der Waals surface area contributed by atoms with E-state index in [2.05, 4.69) is 10.3 Å². The van der Waals surface area contributed by atoms with Crippen LogP contribution in [0.15, 0.2) is 48.8 Å². The predicted molar refractivity (Wildman–Crippen MR) is 95.8 cm³/mol. The maximum Gasteiger partial charge on any atom is 0.262 e. The fourth-order valence-corrected chi connectivity index (χ4v) is 3.54. The molecule has 122 valence electrons. The Morgan fingerprint density at radius 1 is 1.17 bits per heavy atom. The van der Waals surface area contributed by atoms with Crippen LogP contribution in [-0.4, -0.2) is 28.5 Å². The van der Waals surface area contributed by atoms with Crippen molar-refractivity contribution in [2.45, 2.75) is 18.8 Å². The molecule has 1 aliphatic rings. The van der Waals surface area contributed by atoms with Crippen molar-refractivity contribution in [2.24, 2.45) is 0 Å². The third kappa shape index (κ3) is 2.72. The summed E-state index contributed by atoms with van der Waals surface area (Å²) in [4.78, 5) is 17.5. The summed E-state index contributed by atoms with van der Waals surface area (Å²) in [7, 11) is 0. The minimum Gasteiger partial charge on any atom is -0.317 e. The first-order valence-corrected chi connectivity index (χ1v) is 8.59. The van der Waals surface area contributed by atoms with Crippen LogP contribution in [0.5, 0.6) is 0 Å². The van der Waals surface area contributed by atoms with Gasteiger partial charge in [0, 0.05) is 23.0 Å². The molecule has 4 nitrogen and oxygen atoms in total. The zero-order chi connectivity index (χ0) is 16.5. The van der Waals surface area contributed by atoms with Gasteiger partial charge in [-0.1, -0.05) is 11.6 Å². The molecule has 0 radical (unpaired) electrons. The number of piperidine rings is 1. The minimum absolute atomic E-state index is 0.0511. The largest absolute Gasteiger partial charge is 0.317 e. The van der Waals surface area contributed by atoms with Crippen LogP contribution in [0.4, 0.5) is 0 Å². The van der Waals surface area contributed by atoms with Gasteiger partial charge in [-0.25, -0.2) is 0 Å². The predicted octanol–water partition coefficient (Wildman–Crippen LogP) is 3.85. The Morgan fingerprint density at radius 3 is 2.67 bits per heavy atom. The number of pyridine rings is 1. The van der Waals surface area contributed by atoms with Crippen molar-refractivity contribution in [3.8, 4) is 0 Å². The Kier molecular flexibility index (Phi) is 4.08. The summed E-state index contributed by atoms with van der Waals surface area (Å²) >= 11 is 5.93. The maximum atomic E-state index is 12.9. The highest BCUT2D eigenvalue weighted by Gasteiger charge is 2.23. The van der Waals surface area contributed by atoms with Gasteiger partial charge in [0.15, 0.2) is 0 Å². The SMILES string of the molecule is O=C(c1ccc(Cl)cc1)n1cc(C2CCNCC2)c2ncccc21. The van der Waals surface area contributed by atoms with Crippen LogP contribution in [0.3, 0.4) is 0 Å². The van der Waals surface area contributed by atoms with Crippen LogP contribution >= 0.6 is 11.6 Å². The van der Waals surface area contributed by atoms with E-state index in [9.17, 15) is 4.79 Å². The third-order valence-corrected chi connectivity index (χ3v) is 4.93. The molecule has 0 unspecified atom stereocenters. The Labute approximate surface area is 145 Å². The van der Waals surface area contributed by atoms with Crippen molar-refractivity contribution >= 4 is 28.5 Å². The van der Waals surface area contributed by atoms with Crippen LogP contribution in [-0.2, 0) is 0 Å². The number of carbonyl (C=O) groups excluding carboxylic acids is 1. The lowest BCUT2D eigenvalue weighted by Gasteiger charge is -2.21. The molecule has 0 aliphatic carbocycles. The summed E-state index contributed by atoms with van der Waals surface area (Å²) in [6, 6.07) is 10.8. The fourth-order valence-electron chi connectivity index (χ4n) is 3.41. The molecule has 1 fully saturated rings. The molecular weight excluding hydrogens is 322 g/mol. The number of fused-ring (bicyclic) bond motifs is 1. The van der Waals surface area contributed by atoms with Crippen molar-refractivity contribution in [3.05, 3.63) is 64.9 Å². The van der Waals surface area contributed by atoms with Crippen LogP contribution in [0.2, 0.25) is 5.02 Å². The minimum atomic E-state index is -0.0511. The molecule has 24 heavy (non-hydrogen) atoms. The second kappa shape index (κ2) is 6.38. The molecule has 3 aromatic rings. The molecule has 5 heteroatoms. The molecule has 0 amide bonds. The molecule has 3 heterocycles. The number of hydrogen-bond donors (Lipinski definition) is 1. The van der Waals surface area contributed by atoms with Gasteiger partial charge in [0.05, 0.1) is 11.0 Å². The Balaban J connectivity index is 1.80. The normalized spacial score (nSPS) is 15.7. The van der Waals surface area contributed by atoms with E-state index >= 15 is 0 Å². The van der Waals surface area contributed by atoms with Gasteiger partial charge < -0.3 is 5.32 Å². The number of nitrogens with one attached hydrogen (secondary N) is 1. The number of carbonyl (C=O) groups is 1. The molecule has 0 spiro atoms. The monoisotopic (exact) mass is 339 g/mol. The highest BCUT2D eigenvalue weighted by molar-refractivity contribution is 6.30. The highest BCUT2D eigenvalue weighted by Crippen LogP contribution is 2.32. The third-order valence-electron chi connectivity index (χ3n) is 4.68. The number of hydrogen-bond acceptors (Lipinski definition) is 3. The summed E-state index contributed by atoms with van der Waals surface area (Å²) in [6.07, 6.45) is 5.92. The summed E-state index contributed by atoms with van der Waals surface area (Å²) in [5.74, 6) is 0.396. The van der Waals surface area contributed by atoms with Crippen molar-refractivity contribution in [2.75, 3.05) is 13.1 Å². The fraction of sp³-hybridized carbons (Fsp3) is 0.263. The molecule has 2 aromatic heterocycles. The van der Waals surface area contributed by atoms with Crippen molar-refractivity contribution in [1.82, 2.24) is 14.9 Å². The smallest absolute Gasteiger partial charge is 0.262 e. The molecule has 4 rings (SSSR count). The lowest BCUT2D eigenvalue weighted by molar-refractivity contribution is 0.0964. The summed E-state index contributed by atoms with van der Waals surface area (Å²) < 4.78 is 1.73. The molecule has 0 bridgehead atoms. The molecule has 1 aromatic carbocycles. The van der Waals surface area contributed by atoms with E-state index in [1.165, 1.54) is 5.56 Å². The average Bonchev–Trinajstić information content (AvgIpc) is 3.02. The van der Waals surface area contributed by atoms with Crippen molar-refractivity contribution < 1.29 is 4.79 Å². The van der Waals surface area contributed by atoms with E-state index in [4.69, 9.17) is 11.6 Å². The number of nitrogens with zero attached hydrogens (tertiary/aromatic N) is 2. The van der Waals surface area contributed by atoms with Gasteiger partial charge in [0.2, 0.25) is 0 Å². The van der Waals surface area contributed by atoms with Crippen molar-refractivity contribution in [3.63, 3.8) is 0 Å². The number of aromatic nitrogens is 2. The molecule has 0 atom stereocenters. The van der Waals surface area contributed by atoms with Gasteiger partial charge in [-0.3, -0.25) is 14.3 Å². The summed E-state index contributed by atoms with van der Waals surface area (Å²) in [5, 5.41) is 4.01. The second-order valence-corrected chi connectivity index (χ2v) is 6.60. The molecule has 1 N–H and O–H groups in total. The first-order chi connectivity index (χ1) is 11.7. The van der Waals surface area contributed by atoms with Gasteiger partial charge in [-0.05, 0) is 73.8 Å². The van der Waals surface area contributed by atoms with E-state index in [-0.39, 0.29) is 5.91 Å². The zero-order valence-corrected chi connectivity index (χ0v) is 14.0. The topological polar surface area (TPSA) is 46.9 Å². The zero-order valence-electron chi connectivity index (χ0n) is 13.2. The molecule has 1 saturated heterocycles. The standard InChI is InChI=1S/C19H18ClN3O/c20-15-5-3-14(4-6-15)19(24)23-12-16(13-7-10-21-11-8-13)18-17(23)2-1-9-22-18/h1-6,9,12-13,21H,7-8,10-11H2. The molecule has 0 saturated carbocycles. The van der Waals surface area contributed by atoms with Crippen LogP contribution in [0.25, 0.3) is 11.0 Å². The summed E-state index contributed by atoms with van der Waals surface area (Å²) in [6.45, 7) is 2.02. The van der Waals surface area contributed by atoms with Crippen LogP contribution < -0.4 is 5.32 Å².